The minimum Gasteiger partial charge on any atom is -0.463 e. The number of carbonyl (C=O) groups is 8. The van der Waals surface area contributed by atoms with E-state index < -0.39 is 48.3 Å². The highest BCUT2D eigenvalue weighted by atomic mass is 16.6. The van der Waals surface area contributed by atoms with Gasteiger partial charge in [0, 0.05) is 48.3 Å². The van der Waals surface area contributed by atoms with Crippen LogP contribution in [0, 0.1) is 0 Å². The molecule has 0 saturated carbocycles. The number of rotatable bonds is 26. The zero-order valence-electron chi connectivity index (χ0n) is 38.7. The van der Waals surface area contributed by atoms with Gasteiger partial charge in [-0.1, -0.05) is 63.1 Å². The monoisotopic (exact) mass is 919 g/mol. The number of hydrogen-bond acceptors (Lipinski definition) is 14. The topological polar surface area (TPSA) is 250 Å². The minimum absolute atomic E-state index is 0.118. The van der Waals surface area contributed by atoms with Gasteiger partial charge in [0.2, 0.25) is 0 Å². The van der Waals surface area contributed by atoms with Gasteiger partial charge in [-0.15, -0.1) is 0 Å². The fourth-order valence-corrected chi connectivity index (χ4v) is 5.66. The predicted molar refractivity (Wildman–Crippen MR) is 246 cm³/mol. The van der Waals surface area contributed by atoms with Crippen LogP contribution in [0.2, 0.25) is 0 Å². The van der Waals surface area contributed by atoms with Crippen molar-refractivity contribution in [1.82, 2.24) is 5.32 Å². The Hall–Kier alpha value is -6.46. The molecule has 0 heterocycles. The first-order chi connectivity index (χ1) is 31.4. The summed E-state index contributed by atoms with van der Waals surface area (Å²) in [6.45, 7) is 10.2. The molecule has 0 aliphatic rings. The maximum atomic E-state index is 12.9. The van der Waals surface area contributed by atoms with Crippen LogP contribution in [-0.4, -0.2) is 102 Å². The van der Waals surface area contributed by atoms with E-state index >= 15 is 0 Å². The number of esters is 4. The number of hydrogen-bond donors (Lipinski definition) is 5. The van der Waals surface area contributed by atoms with Gasteiger partial charge in [-0.2, -0.15) is 0 Å². The van der Waals surface area contributed by atoms with Gasteiger partial charge >= 0.3 is 29.9 Å². The number of unbranched alkanes of at least 4 members (excludes halogenated alkanes) is 4. The Morgan fingerprint density at radius 3 is 1.48 bits per heavy atom. The van der Waals surface area contributed by atoms with Crippen LogP contribution in [0.15, 0.2) is 72.8 Å². The summed E-state index contributed by atoms with van der Waals surface area (Å²) >= 11 is 0. The number of Topliss-reactive ketones (excluding diaryl/α,β-unsaturated/α-hetero) is 2. The molecule has 3 aromatic carbocycles. The molecule has 0 aliphatic carbocycles. The molecule has 0 bridgehead atoms. The molecule has 0 radical (unpaired) electrons. The van der Waals surface area contributed by atoms with E-state index in [1.807, 2.05) is 19.1 Å². The Labute approximate surface area is 386 Å². The second-order valence-electron chi connectivity index (χ2n) is 15.5. The smallest absolute Gasteiger partial charge is 0.347 e. The number of ether oxygens (including phenoxy) is 4. The van der Waals surface area contributed by atoms with Crippen molar-refractivity contribution in [3.05, 3.63) is 95.1 Å². The number of ketones is 2. The molecule has 17 heteroatoms. The largest absolute Gasteiger partial charge is 0.463 e. The first-order valence-corrected chi connectivity index (χ1v) is 22.2. The van der Waals surface area contributed by atoms with Crippen LogP contribution in [-0.2, 0) is 55.8 Å². The van der Waals surface area contributed by atoms with Gasteiger partial charge in [0.05, 0.1) is 13.2 Å². The molecule has 4 atom stereocenters. The molecule has 3 aromatic rings. The summed E-state index contributed by atoms with van der Waals surface area (Å²) in [5, 5.41) is 26.3. The summed E-state index contributed by atoms with van der Waals surface area (Å²) in [5.74, 6) is -3.23. The molecule has 0 fully saturated rings. The van der Waals surface area contributed by atoms with Gasteiger partial charge in [0.15, 0.2) is 18.0 Å². The molecule has 5 N–H and O–H groups in total. The van der Waals surface area contributed by atoms with E-state index in [1.165, 1.54) is 27.7 Å². The third kappa shape index (κ3) is 22.4. The van der Waals surface area contributed by atoms with Gasteiger partial charge in [0.1, 0.15) is 18.0 Å². The van der Waals surface area contributed by atoms with Crippen molar-refractivity contribution < 1.29 is 67.5 Å². The number of nitrogens with one attached hydrogen (secondary N) is 3. The summed E-state index contributed by atoms with van der Waals surface area (Å²) in [5.41, 5.74) is 3.71. The van der Waals surface area contributed by atoms with Crippen molar-refractivity contribution in [1.29, 1.82) is 0 Å². The van der Waals surface area contributed by atoms with Gasteiger partial charge in [-0.3, -0.25) is 14.4 Å². The van der Waals surface area contributed by atoms with Crippen LogP contribution >= 0.6 is 0 Å². The van der Waals surface area contributed by atoms with Crippen molar-refractivity contribution in [3.8, 4) is 0 Å². The van der Waals surface area contributed by atoms with Crippen LogP contribution < -0.4 is 16.0 Å². The number of urea groups is 1. The molecule has 4 unspecified atom stereocenters. The van der Waals surface area contributed by atoms with Gasteiger partial charge < -0.3 is 45.1 Å². The maximum absolute atomic E-state index is 12.9. The summed E-state index contributed by atoms with van der Waals surface area (Å²) < 4.78 is 19.4. The molecule has 17 nitrogen and oxygen atoms in total. The first kappa shape index (κ1) is 55.7. The molecule has 0 aliphatic heterocycles. The lowest BCUT2D eigenvalue weighted by Crippen LogP contribution is -2.31. The molecule has 0 aromatic heterocycles. The predicted octanol–water partition coefficient (Wildman–Crippen LogP) is 6.46. The number of amides is 3. The van der Waals surface area contributed by atoms with E-state index in [9.17, 15) is 38.4 Å². The Morgan fingerprint density at radius 2 is 1.00 bits per heavy atom. The van der Waals surface area contributed by atoms with Crippen molar-refractivity contribution in [2.75, 3.05) is 30.4 Å². The lowest BCUT2D eigenvalue weighted by atomic mass is 10.0. The van der Waals surface area contributed by atoms with E-state index in [1.54, 1.807) is 60.7 Å². The van der Waals surface area contributed by atoms with Crippen molar-refractivity contribution in [3.63, 3.8) is 0 Å². The molecule has 360 valence electrons. The van der Waals surface area contributed by atoms with E-state index in [0.29, 0.717) is 67.8 Å². The second-order valence-corrected chi connectivity index (χ2v) is 15.5. The molecule has 3 rings (SSSR count). The third-order valence-electron chi connectivity index (χ3n) is 9.46. The quantitative estimate of drug-likeness (QED) is 0.0251. The molecular formula is C49H65N3O14. The minimum atomic E-state index is -1.32. The van der Waals surface area contributed by atoms with Crippen molar-refractivity contribution >= 4 is 58.8 Å². The highest BCUT2D eigenvalue weighted by Crippen LogP contribution is 2.16. The Morgan fingerprint density at radius 1 is 0.530 bits per heavy atom. The molecule has 66 heavy (non-hydrogen) atoms. The number of benzene rings is 3. The highest BCUT2D eigenvalue weighted by molar-refractivity contribution is 6.05. The average molecular weight is 920 g/mol. The van der Waals surface area contributed by atoms with E-state index in [2.05, 4.69) is 27.6 Å². The lowest BCUT2D eigenvalue weighted by molar-refractivity contribution is -0.171. The number of aliphatic hydroxyl groups excluding tert-OH is 2. The first-order valence-electron chi connectivity index (χ1n) is 22.2. The fourth-order valence-electron chi connectivity index (χ4n) is 5.66. The lowest BCUT2D eigenvalue weighted by Gasteiger charge is -2.13. The van der Waals surface area contributed by atoms with Gasteiger partial charge in [0.25, 0.3) is 5.91 Å². The zero-order valence-corrected chi connectivity index (χ0v) is 38.7. The molecule has 0 saturated heterocycles. The standard InChI is InChI=1S/C38H45N3O9.C11H20O5/c1-4-8-33(43)23-27-9-17-31(18-10-27)40-35(45)30-15-13-29(14-16-30)34(44)24-28-11-19-32(20-12-28)41-38(48)39-21-6-5-7-22-49-37(47)26(3)50-36(46)25(2)42;1-4-5-6-7-15-11(14)9(3)16-10(13)8(2)12/h9-20,25-26,42H,4-8,21-24H2,1-3H3,(H,40,45)(H2,39,41,48);8-9,12H,4-7H2,1-3H3. The van der Waals surface area contributed by atoms with Gasteiger partial charge in [-0.05, 0) is 107 Å². The molecular weight excluding hydrogens is 855 g/mol. The summed E-state index contributed by atoms with van der Waals surface area (Å²) in [6.07, 6.45) is 2.01. The molecule has 0 spiro atoms. The molecule has 3 amide bonds. The Balaban J connectivity index is 0.000000793. The number of aliphatic hydroxyl groups is 2. The Bertz CT molecular complexity index is 2020. The van der Waals surface area contributed by atoms with Crippen molar-refractivity contribution in [2.24, 2.45) is 0 Å². The van der Waals surface area contributed by atoms with E-state index in [-0.39, 0.29) is 36.5 Å². The van der Waals surface area contributed by atoms with Crippen molar-refractivity contribution in [2.45, 2.75) is 130 Å². The summed E-state index contributed by atoms with van der Waals surface area (Å²) in [7, 11) is 0. The zero-order chi connectivity index (χ0) is 49.0. The highest BCUT2D eigenvalue weighted by Gasteiger charge is 2.23. The second kappa shape index (κ2) is 30.6. The van der Waals surface area contributed by atoms with E-state index in [0.717, 1.165) is 36.8 Å². The maximum Gasteiger partial charge on any atom is 0.347 e. The average Bonchev–Trinajstić information content (AvgIpc) is 3.28. The summed E-state index contributed by atoms with van der Waals surface area (Å²) in [6, 6.07) is 20.2. The number of anilines is 2. The number of carbonyl (C=O) groups excluding carboxylic acids is 8. The normalized spacial score (nSPS) is 12.4. The van der Waals surface area contributed by atoms with Crippen LogP contribution in [0.25, 0.3) is 0 Å². The van der Waals surface area contributed by atoms with Gasteiger partial charge in [-0.25, -0.2) is 24.0 Å². The fraction of sp³-hybridized carbons (Fsp3) is 0.469. The van der Waals surface area contributed by atoms with Crippen LogP contribution in [0.5, 0.6) is 0 Å². The van der Waals surface area contributed by atoms with Crippen LogP contribution in [0.1, 0.15) is 125 Å². The van der Waals surface area contributed by atoms with Crippen LogP contribution in [0.4, 0.5) is 16.2 Å². The SMILES string of the molecule is CCCC(=O)Cc1ccc(NC(=O)c2ccc(C(=O)Cc3ccc(NC(=O)NCCCCCOC(=O)C(C)OC(=O)C(C)O)cc3)cc2)cc1.CCCCCOC(=O)C(C)OC(=O)C(C)O. The van der Waals surface area contributed by atoms with Crippen LogP contribution in [0.3, 0.4) is 0 Å². The third-order valence-corrected chi connectivity index (χ3v) is 9.46. The van der Waals surface area contributed by atoms with E-state index in [4.69, 9.17) is 24.4 Å². The Kier molecular flexibility index (Phi) is 25.8. The summed E-state index contributed by atoms with van der Waals surface area (Å²) in [4.78, 5) is 95.1.